The van der Waals surface area contributed by atoms with Gasteiger partial charge in [-0.1, -0.05) is 26.0 Å². The SMILES string of the molecule is CNCC(N)COC1OC(COC(=O)CC(=O)O)C(OCCCO)C(O)C1OOc1cc2c(cc1Cc1cccc(O)c1)OCC1c3cc4c(c(CC(C)C)c3OC21)OC(CO)O4. The highest BCUT2D eigenvalue weighted by Gasteiger charge is 2.50. The van der Waals surface area contributed by atoms with Gasteiger partial charge in [0, 0.05) is 54.5 Å². The monoisotopic (exact) mass is 884 g/mol. The molecule has 1 saturated heterocycles. The van der Waals surface area contributed by atoms with Crippen molar-refractivity contribution in [1.82, 2.24) is 5.32 Å². The minimum absolute atomic E-state index is 0.0285. The van der Waals surface area contributed by atoms with Crippen LogP contribution < -0.4 is 34.9 Å². The normalized spacial score (nSPS) is 24.8. The van der Waals surface area contributed by atoms with Crippen molar-refractivity contribution >= 4 is 11.9 Å². The van der Waals surface area contributed by atoms with Crippen LogP contribution in [0.2, 0.25) is 0 Å². The molecule has 19 nitrogen and oxygen atoms in total. The summed E-state index contributed by atoms with van der Waals surface area (Å²) in [6.07, 6.45) is -7.94. The number of rotatable bonds is 21. The van der Waals surface area contributed by atoms with Crippen LogP contribution in [0.1, 0.15) is 66.5 Å². The first-order valence-electron chi connectivity index (χ1n) is 21.0. The molecule has 9 atom stereocenters. The van der Waals surface area contributed by atoms with Gasteiger partial charge in [-0.3, -0.25) is 9.59 Å². The zero-order valence-corrected chi connectivity index (χ0v) is 35.3. The van der Waals surface area contributed by atoms with Crippen LogP contribution in [-0.4, -0.2) is 134 Å². The van der Waals surface area contributed by atoms with E-state index in [4.69, 9.17) is 58.5 Å². The molecule has 0 aromatic heterocycles. The summed E-state index contributed by atoms with van der Waals surface area (Å²) in [4.78, 5) is 35.7. The Bertz CT molecular complexity index is 2070. The molecular formula is C44H56N2O17. The van der Waals surface area contributed by atoms with E-state index in [1.165, 1.54) is 0 Å². The van der Waals surface area contributed by atoms with Crippen molar-refractivity contribution in [3.8, 4) is 34.5 Å². The number of phenolic OH excluding ortho intramolecular Hbond substituents is 1. The number of carboxylic acids is 1. The molecule has 19 heteroatoms. The molecule has 0 bridgehead atoms. The Morgan fingerprint density at radius 1 is 1.00 bits per heavy atom. The first-order valence-corrected chi connectivity index (χ1v) is 21.0. The van der Waals surface area contributed by atoms with Gasteiger partial charge in [0.05, 0.1) is 19.1 Å². The number of ether oxygens (including phenoxy) is 8. The molecule has 63 heavy (non-hydrogen) atoms. The number of esters is 1. The predicted molar refractivity (Wildman–Crippen MR) is 219 cm³/mol. The van der Waals surface area contributed by atoms with Crippen LogP contribution >= 0.6 is 0 Å². The van der Waals surface area contributed by atoms with Crippen LogP contribution in [0.25, 0.3) is 0 Å². The average molecular weight is 885 g/mol. The summed E-state index contributed by atoms with van der Waals surface area (Å²) >= 11 is 0. The summed E-state index contributed by atoms with van der Waals surface area (Å²) in [6, 6.07) is 11.7. The van der Waals surface area contributed by atoms with E-state index in [-0.39, 0.29) is 69.2 Å². The summed E-state index contributed by atoms with van der Waals surface area (Å²) in [6.45, 7) is 3.69. The standard InChI is InChI=1S/C44H56N2O17/c1-22(2)10-29-39-27(14-33-41(29)60-37(18-48)58-33)30-20-55-32-13-24(11-23-6-4-7-26(49)12-23)31(15-28(32)40(30)61-39)62-63-43-38(53)42(54-9-5-8-47)34(21-56-36(52)16-35(50)51)59-44(43)57-19-25(45)17-46-3/h4,6-7,12-15,22,25,30,34,37-38,40,42-44,46-49,53H,5,8-11,16-21,45H2,1-3H3,(H,50,51). The number of aliphatic hydroxyl groups is 3. The third-order valence-electron chi connectivity index (χ3n) is 10.9. The van der Waals surface area contributed by atoms with Crippen molar-refractivity contribution in [2.24, 2.45) is 11.7 Å². The van der Waals surface area contributed by atoms with E-state index >= 15 is 0 Å². The van der Waals surface area contributed by atoms with Gasteiger partial charge in [0.25, 0.3) is 6.29 Å². The number of nitrogens with two attached hydrogens (primary N) is 1. The molecule has 0 spiro atoms. The number of likely N-dealkylation sites (N-methyl/N-ethyl adjacent to an activating group) is 1. The second-order valence-electron chi connectivity index (χ2n) is 16.3. The second-order valence-corrected chi connectivity index (χ2v) is 16.3. The van der Waals surface area contributed by atoms with E-state index in [9.17, 15) is 30.0 Å². The number of carboxylic acid groups (broad SMARTS) is 1. The van der Waals surface area contributed by atoms with Gasteiger partial charge in [-0.15, -0.1) is 0 Å². The van der Waals surface area contributed by atoms with Gasteiger partial charge in [0.1, 0.15) is 61.3 Å². The fraction of sp³-hybridized carbons (Fsp3) is 0.545. The molecule has 3 aromatic carbocycles. The first kappa shape index (κ1) is 46.0. The highest BCUT2D eigenvalue weighted by molar-refractivity contribution is 5.90. The molecule has 7 rings (SSSR count). The summed E-state index contributed by atoms with van der Waals surface area (Å²) in [5.74, 6) is 0.0847. The van der Waals surface area contributed by atoms with E-state index < -0.39 is 74.1 Å². The number of hydrogen-bond acceptors (Lipinski definition) is 18. The molecule has 4 aliphatic heterocycles. The van der Waals surface area contributed by atoms with Crippen LogP contribution in [0, 0.1) is 5.92 Å². The minimum atomic E-state index is -1.56. The van der Waals surface area contributed by atoms with E-state index in [0.717, 1.165) is 16.7 Å². The highest BCUT2D eigenvalue weighted by atomic mass is 17.2. The molecule has 1 fully saturated rings. The minimum Gasteiger partial charge on any atom is -0.508 e. The molecule has 0 amide bonds. The van der Waals surface area contributed by atoms with E-state index in [1.807, 2.05) is 18.2 Å². The molecule has 0 radical (unpaired) electrons. The van der Waals surface area contributed by atoms with Crippen molar-refractivity contribution in [1.29, 1.82) is 0 Å². The molecule has 8 N–H and O–H groups in total. The lowest BCUT2D eigenvalue weighted by Gasteiger charge is -2.43. The van der Waals surface area contributed by atoms with Crippen molar-refractivity contribution in [3.63, 3.8) is 0 Å². The summed E-state index contributed by atoms with van der Waals surface area (Å²) < 4.78 is 48.6. The Hall–Kier alpha value is -4.96. The van der Waals surface area contributed by atoms with Gasteiger partial charge in [0.2, 0.25) is 0 Å². The van der Waals surface area contributed by atoms with Gasteiger partial charge in [-0.05, 0) is 61.7 Å². The van der Waals surface area contributed by atoms with Crippen LogP contribution in [0.4, 0.5) is 0 Å². The maximum Gasteiger partial charge on any atom is 0.317 e. The summed E-state index contributed by atoms with van der Waals surface area (Å²) in [7, 11) is 1.72. The number of aromatic hydroxyl groups is 1. The molecular weight excluding hydrogens is 828 g/mol. The lowest BCUT2D eigenvalue weighted by molar-refractivity contribution is -0.376. The second kappa shape index (κ2) is 20.7. The zero-order valence-electron chi connectivity index (χ0n) is 35.3. The number of nitrogens with one attached hydrogen (secondary N) is 1. The van der Waals surface area contributed by atoms with Crippen LogP contribution in [0.5, 0.6) is 34.5 Å². The Morgan fingerprint density at radius 3 is 2.56 bits per heavy atom. The van der Waals surface area contributed by atoms with Gasteiger partial charge in [-0.25, -0.2) is 0 Å². The maximum atomic E-state index is 12.2. The van der Waals surface area contributed by atoms with E-state index in [2.05, 4.69) is 19.2 Å². The van der Waals surface area contributed by atoms with E-state index in [0.29, 0.717) is 47.1 Å². The number of benzene rings is 3. The highest BCUT2D eigenvalue weighted by Crippen LogP contribution is 2.58. The quantitative estimate of drug-likeness (QED) is 0.0265. The molecule has 0 saturated carbocycles. The Morgan fingerprint density at radius 2 is 1.83 bits per heavy atom. The van der Waals surface area contributed by atoms with Crippen molar-refractivity contribution in [3.05, 3.63) is 70.3 Å². The fourth-order valence-electron chi connectivity index (χ4n) is 8.12. The van der Waals surface area contributed by atoms with Crippen LogP contribution in [-0.2, 0) is 46.3 Å². The largest absolute Gasteiger partial charge is 0.508 e. The number of aliphatic hydroxyl groups excluding tert-OH is 3. The van der Waals surface area contributed by atoms with Crippen LogP contribution in [0.3, 0.4) is 0 Å². The number of phenols is 1. The average Bonchev–Trinajstić information content (AvgIpc) is 3.84. The Kier molecular flexibility index (Phi) is 15.1. The number of carbonyl (C=O) groups is 2. The number of carbonyl (C=O) groups excluding carboxylic acids is 1. The summed E-state index contributed by atoms with van der Waals surface area (Å²) in [5, 5.41) is 53.6. The number of hydrogen-bond donors (Lipinski definition) is 7. The fourth-order valence-corrected chi connectivity index (χ4v) is 8.12. The smallest absolute Gasteiger partial charge is 0.317 e. The zero-order chi connectivity index (χ0) is 44.8. The van der Waals surface area contributed by atoms with Gasteiger partial charge < -0.3 is 79.4 Å². The lowest BCUT2D eigenvalue weighted by atomic mass is 9.86. The molecule has 0 aliphatic carbocycles. The first-order chi connectivity index (χ1) is 30.4. The van der Waals surface area contributed by atoms with E-state index in [1.54, 1.807) is 31.3 Å². The molecule has 344 valence electrons. The predicted octanol–water partition coefficient (Wildman–Crippen LogP) is 1.99. The third kappa shape index (κ3) is 10.7. The Labute approximate surface area is 363 Å². The number of fused-ring (bicyclic) bond motifs is 6. The van der Waals surface area contributed by atoms with Crippen molar-refractivity contribution in [2.75, 3.05) is 53.2 Å². The van der Waals surface area contributed by atoms with Crippen molar-refractivity contribution < 1.29 is 82.8 Å². The molecule has 4 aliphatic rings. The molecule has 9 unspecified atom stereocenters. The number of aliphatic carboxylic acids is 1. The van der Waals surface area contributed by atoms with Gasteiger partial charge in [-0.2, -0.15) is 4.89 Å². The summed E-state index contributed by atoms with van der Waals surface area (Å²) in [5.41, 5.74) is 9.92. The van der Waals surface area contributed by atoms with Gasteiger partial charge in [0.15, 0.2) is 29.6 Å². The van der Waals surface area contributed by atoms with Gasteiger partial charge >= 0.3 is 11.9 Å². The topological polar surface area (TPSA) is 266 Å². The molecule has 4 heterocycles. The van der Waals surface area contributed by atoms with Crippen molar-refractivity contribution in [2.45, 2.75) is 94.6 Å². The van der Waals surface area contributed by atoms with Crippen LogP contribution in [0.15, 0.2) is 42.5 Å². The Balaban J connectivity index is 1.21. The molecule has 3 aromatic rings. The maximum absolute atomic E-state index is 12.2. The lowest BCUT2D eigenvalue weighted by Crippen LogP contribution is -2.62. The third-order valence-corrected chi connectivity index (χ3v) is 10.9.